The van der Waals surface area contributed by atoms with Crippen molar-refractivity contribution in [2.45, 2.75) is 44.7 Å². The molecule has 3 N–H and O–H groups in total. The molecule has 0 unspecified atom stereocenters. The average Bonchev–Trinajstić information content (AvgIpc) is 3.28. The summed E-state index contributed by atoms with van der Waals surface area (Å²) in [4.78, 5) is 13.9. The highest BCUT2D eigenvalue weighted by atomic mass is 19.1. The molecular weight excluding hydrogens is 386 g/mol. The van der Waals surface area contributed by atoms with Gasteiger partial charge in [0.2, 0.25) is 5.91 Å². The fraction of sp³-hybridized carbons (Fsp3) is 0.435. The fourth-order valence-corrected chi connectivity index (χ4v) is 4.15. The molecule has 1 amide bonds. The van der Waals surface area contributed by atoms with Gasteiger partial charge in [0.15, 0.2) is 11.6 Å². The van der Waals surface area contributed by atoms with Crippen LogP contribution in [0.4, 0.5) is 25.8 Å². The van der Waals surface area contributed by atoms with E-state index in [0.29, 0.717) is 25.3 Å². The van der Waals surface area contributed by atoms with Crippen molar-refractivity contribution in [1.29, 1.82) is 0 Å². The van der Waals surface area contributed by atoms with Gasteiger partial charge in [0.1, 0.15) is 5.69 Å². The monoisotopic (exact) mass is 414 g/mol. The van der Waals surface area contributed by atoms with Crippen molar-refractivity contribution in [2.75, 3.05) is 29.9 Å². The highest BCUT2D eigenvalue weighted by molar-refractivity contribution is 5.82. The van der Waals surface area contributed by atoms with Crippen molar-refractivity contribution in [3.8, 4) is 0 Å². The van der Waals surface area contributed by atoms with Gasteiger partial charge in [-0.3, -0.25) is 4.79 Å². The molecule has 5 nitrogen and oxygen atoms in total. The van der Waals surface area contributed by atoms with Crippen LogP contribution >= 0.6 is 0 Å². The van der Waals surface area contributed by atoms with Crippen molar-refractivity contribution in [3.63, 3.8) is 0 Å². The molecule has 2 saturated heterocycles. The van der Waals surface area contributed by atoms with Gasteiger partial charge in [-0.2, -0.15) is 0 Å². The molecule has 2 fully saturated rings. The van der Waals surface area contributed by atoms with Crippen LogP contribution in [0.2, 0.25) is 0 Å². The number of benzene rings is 2. The number of hydrogen-bond acceptors (Lipinski definition) is 4. The molecule has 0 aliphatic carbocycles. The number of nitrogens with one attached hydrogen (secondary N) is 3. The first-order valence-corrected chi connectivity index (χ1v) is 10.7. The molecule has 2 aromatic rings. The fourth-order valence-electron chi connectivity index (χ4n) is 4.15. The van der Waals surface area contributed by atoms with Gasteiger partial charge in [0, 0.05) is 31.0 Å². The molecule has 160 valence electrons. The van der Waals surface area contributed by atoms with Gasteiger partial charge in [0.05, 0.1) is 6.04 Å². The number of halogens is 2. The van der Waals surface area contributed by atoms with Crippen LogP contribution in [0.3, 0.4) is 0 Å². The van der Waals surface area contributed by atoms with Crippen LogP contribution in [0.1, 0.15) is 37.7 Å². The van der Waals surface area contributed by atoms with E-state index in [2.05, 4.69) is 16.0 Å². The summed E-state index contributed by atoms with van der Waals surface area (Å²) in [6, 6.07) is 10.0. The van der Waals surface area contributed by atoms with Crippen LogP contribution in [0.25, 0.3) is 0 Å². The lowest BCUT2D eigenvalue weighted by Crippen LogP contribution is -2.39. The highest BCUT2D eigenvalue weighted by Gasteiger charge is 2.22. The van der Waals surface area contributed by atoms with Crippen molar-refractivity contribution >= 4 is 23.0 Å². The van der Waals surface area contributed by atoms with Crippen molar-refractivity contribution in [2.24, 2.45) is 0 Å². The van der Waals surface area contributed by atoms with Crippen LogP contribution < -0.4 is 20.9 Å². The van der Waals surface area contributed by atoms with Crippen LogP contribution in [0, 0.1) is 11.6 Å². The van der Waals surface area contributed by atoms with Gasteiger partial charge in [-0.25, -0.2) is 8.78 Å². The van der Waals surface area contributed by atoms with Gasteiger partial charge < -0.3 is 20.9 Å². The van der Waals surface area contributed by atoms with Crippen LogP contribution in [0.15, 0.2) is 36.4 Å². The minimum Gasteiger partial charge on any atom is -0.367 e. The lowest BCUT2D eigenvalue weighted by molar-refractivity contribution is -0.122. The second kappa shape index (κ2) is 9.43. The van der Waals surface area contributed by atoms with Crippen LogP contribution in [0.5, 0.6) is 0 Å². The maximum Gasteiger partial charge on any atom is 0.237 e. The summed E-state index contributed by atoms with van der Waals surface area (Å²) in [7, 11) is 0. The van der Waals surface area contributed by atoms with E-state index in [1.807, 2.05) is 24.3 Å². The molecule has 0 saturated carbocycles. The van der Waals surface area contributed by atoms with Crippen molar-refractivity contribution in [1.82, 2.24) is 10.6 Å². The molecule has 7 heteroatoms. The lowest BCUT2D eigenvalue weighted by atomic mass is 10.1. The topological polar surface area (TPSA) is 56.4 Å². The first-order valence-electron chi connectivity index (χ1n) is 10.7. The molecule has 0 bridgehead atoms. The third-order valence-corrected chi connectivity index (χ3v) is 5.78. The molecule has 0 spiro atoms. The molecule has 0 aromatic heterocycles. The molecule has 0 radical (unpaired) electrons. The quantitative estimate of drug-likeness (QED) is 0.667. The van der Waals surface area contributed by atoms with Gasteiger partial charge in [-0.05, 0) is 68.5 Å². The summed E-state index contributed by atoms with van der Waals surface area (Å²) in [6.07, 6.45) is 4.93. The number of hydrogen-bond donors (Lipinski definition) is 3. The molecule has 2 aromatic carbocycles. The van der Waals surface area contributed by atoms with Gasteiger partial charge in [-0.15, -0.1) is 0 Å². The Kier molecular flexibility index (Phi) is 6.47. The van der Waals surface area contributed by atoms with Gasteiger partial charge in [-0.1, -0.05) is 12.1 Å². The summed E-state index contributed by atoms with van der Waals surface area (Å²) in [5, 5.41) is 9.17. The Bertz CT molecular complexity index is 852. The summed E-state index contributed by atoms with van der Waals surface area (Å²) in [5.74, 6) is -1.06. The first-order chi connectivity index (χ1) is 14.6. The number of piperidine rings is 1. The SMILES string of the molecule is O=C(NCc1ccc(Nc2cc(F)c(N3CCCCC3)c(F)c2)cc1)[C@H]1CCCN1. The molecular formula is C23H28F2N4O. The second-order valence-corrected chi connectivity index (χ2v) is 8.02. The molecule has 4 rings (SSSR count). The summed E-state index contributed by atoms with van der Waals surface area (Å²) in [5.41, 5.74) is 2.14. The zero-order valence-corrected chi connectivity index (χ0v) is 17.0. The van der Waals surface area contributed by atoms with E-state index < -0.39 is 11.6 Å². The first kappa shape index (κ1) is 20.6. The summed E-state index contributed by atoms with van der Waals surface area (Å²) < 4.78 is 29.2. The van der Waals surface area contributed by atoms with E-state index in [1.54, 1.807) is 4.90 Å². The van der Waals surface area contributed by atoms with Crippen LogP contribution in [-0.4, -0.2) is 31.6 Å². The second-order valence-electron chi connectivity index (χ2n) is 8.02. The Labute approximate surface area is 175 Å². The van der Waals surface area contributed by atoms with Gasteiger partial charge in [0.25, 0.3) is 0 Å². The van der Waals surface area contributed by atoms with E-state index in [9.17, 15) is 13.6 Å². The zero-order valence-electron chi connectivity index (χ0n) is 17.0. The minimum atomic E-state index is -0.542. The lowest BCUT2D eigenvalue weighted by Gasteiger charge is -2.29. The smallest absolute Gasteiger partial charge is 0.237 e. The molecule has 2 aliphatic heterocycles. The highest BCUT2D eigenvalue weighted by Crippen LogP contribution is 2.30. The number of anilines is 3. The normalized spacial score (nSPS) is 19.0. The van der Waals surface area contributed by atoms with Gasteiger partial charge >= 0.3 is 0 Å². The Hall–Kier alpha value is -2.67. The molecule has 1 atom stereocenters. The number of amides is 1. The van der Waals surface area contributed by atoms with E-state index >= 15 is 0 Å². The largest absolute Gasteiger partial charge is 0.367 e. The standard InChI is InChI=1S/C23H28F2N4O/c24-19-13-18(14-20(25)22(19)29-11-2-1-3-12-29)28-17-8-6-16(7-9-17)15-27-23(30)21-5-4-10-26-21/h6-9,13-14,21,26,28H,1-5,10-12,15H2,(H,27,30)/t21-/m1/s1. The Morgan fingerprint density at radius 2 is 1.70 bits per heavy atom. The predicted octanol–water partition coefficient (Wildman–Crippen LogP) is 4.07. The maximum atomic E-state index is 14.6. The summed E-state index contributed by atoms with van der Waals surface area (Å²) in [6.45, 7) is 2.72. The molecule has 2 aliphatic rings. The number of carbonyl (C=O) groups excluding carboxylic acids is 1. The van der Waals surface area contributed by atoms with Crippen LogP contribution in [-0.2, 0) is 11.3 Å². The predicted molar refractivity (Wildman–Crippen MR) is 115 cm³/mol. The average molecular weight is 415 g/mol. The summed E-state index contributed by atoms with van der Waals surface area (Å²) >= 11 is 0. The van der Waals surface area contributed by atoms with E-state index in [0.717, 1.165) is 49.9 Å². The Balaban J connectivity index is 1.36. The zero-order chi connectivity index (χ0) is 20.9. The van der Waals surface area contributed by atoms with E-state index in [1.165, 1.54) is 12.1 Å². The van der Waals surface area contributed by atoms with E-state index in [-0.39, 0.29) is 17.6 Å². The maximum absolute atomic E-state index is 14.6. The number of nitrogens with zero attached hydrogens (tertiary/aromatic N) is 1. The minimum absolute atomic E-state index is 0.0226. The molecule has 30 heavy (non-hydrogen) atoms. The number of rotatable bonds is 6. The van der Waals surface area contributed by atoms with Crippen molar-refractivity contribution in [3.05, 3.63) is 53.6 Å². The number of carbonyl (C=O) groups is 1. The molecule has 2 heterocycles. The Morgan fingerprint density at radius 3 is 2.33 bits per heavy atom. The third kappa shape index (κ3) is 4.90. The van der Waals surface area contributed by atoms with Crippen molar-refractivity contribution < 1.29 is 13.6 Å². The van der Waals surface area contributed by atoms with E-state index in [4.69, 9.17) is 0 Å². The third-order valence-electron chi connectivity index (χ3n) is 5.78. The Morgan fingerprint density at radius 1 is 1.00 bits per heavy atom.